The molecule has 1 unspecified atom stereocenters. The van der Waals surface area contributed by atoms with Crippen molar-refractivity contribution in [2.75, 3.05) is 6.67 Å². The number of hydrogen-bond acceptors (Lipinski definition) is 2. The lowest BCUT2D eigenvalue weighted by Crippen LogP contribution is -2.54. The van der Waals surface area contributed by atoms with Gasteiger partial charge < -0.3 is 4.74 Å². The molecule has 0 bridgehead atoms. The van der Waals surface area contributed by atoms with Gasteiger partial charge in [0.2, 0.25) is 0 Å². The summed E-state index contributed by atoms with van der Waals surface area (Å²) in [6.07, 6.45) is -4.34. The van der Waals surface area contributed by atoms with Gasteiger partial charge in [-0.25, -0.2) is 13.2 Å². The second-order valence-corrected chi connectivity index (χ2v) is 2.38. The zero-order valence-electron chi connectivity index (χ0n) is 6.87. The van der Waals surface area contributed by atoms with Gasteiger partial charge in [0.1, 0.15) is 0 Å². The molecule has 0 aromatic carbocycles. The summed E-state index contributed by atoms with van der Waals surface area (Å²) in [5.74, 6) is -11.7. The first-order valence-corrected chi connectivity index (χ1v) is 3.28. The molecule has 0 aliphatic carbocycles. The van der Waals surface area contributed by atoms with Crippen LogP contribution in [-0.2, 0) is 9.53 Å². The largest absolute Gasteiger partial charge is 0.417 e. The van der Waals surface area contributed by atoms with Crippen LogP contribution < -0.4 is 0 Å². The highest BCUT2D eigenvalue weighted by Crippen LogP contribution is 2.39. The molecule has 0 saturated heterocycles. The summed E-state index contributed by atoms with van der Waals surface area (Å²) in [4.78, 5) is 10.1. The van der Waals surface area contributed by atoms with E-state index in [9.17, 15) is 31.1 Å². The molecule has 0 N–H and O–H groups in total. The van der Waals surface area contributed by atoms with Crippen LogP contribution in [0.4, 0.5) is 26.3 Å². The van der Waals surface area contributed by atoms with Crippen molar-refractivity contribution >= 4 is 5.97 Å². The molecule has 0 radical (unpaired) electrons. The Labute approximate surface area is 74.8 Å². The highest BCUT2D eigenvalue weighted by Gasteiger charge is 2.65. The third kappa shape index (κ3) is 2.30. The molecule has 84 valence electrons. The first-order chi connectivity index (χ1) is 6.17. The fourth-order valence-corrected chi connectivity index (χ4v) is 0.579. The van der Waals surface area contributed by atoms with Crippen LogP contribution in [0.1, 0.15) is 6.92 Å². The lowest BCUT2D eigenvalue weighted by atomic mass is 10.1. The molecular weight excluding hydrogens is 218 g/mol. The highest BCUT2D eigenvalue weighted by atomic mass is 19.3. The molecule has 0 amide bonds. The molecule has 0 aromatic heterocycles. The lowest BCUT2D eigenvalue weighted by Gasteiger charge is -2.29. The summed E-state index contributed by atoms with van der Waals surface area (Å²) >= 11 is 0. The van der Waals surface area contributed by atoms with E-state index in [2.05, 4.69) is 4.74 Å². The Bertz CT molecular complexity index is 218. The number of rotatable bonds is 4. The van der Waals surface area contributed by atoms with Gasteiger partial charge in [0.25, 0.3) is 0 Å². The van der Waals surface area contributed by atoms with Gasteiger partial charge in [-0.1, -0.05) is 0 Å². The fourth-order valence-electron chi connectivity index (χ4n) is 0.579. The maximum absolute atomic E-state index is 12.8. The van der Waals surface area contributed by atoms with Gasteiger partial charge in [0.05, 0.1) is 0 Å². The van der Waals surface area contributed by atoms with E-state index in [1.165, 1.54) is 0 Å². The Balaban J connectivity index is 4.99. The summed E-state index contributed by atoms with van der Waals surface area (Å²) in [6.45, 7) is -2.24. The van der Waals surface area contributed by atoms with Crippen LogP contribution in [0, 0.1) is 0 Å². The standard InChI is InChI=1S/C6H6F6O2/c1-3(13)14-6(12,4(8)9)5(10,11)2-7/h4H,2H2,1H3. The monoisotopic (exact) mass is 224 g/mol. The summed E-state index contributed by atoms with van der Waals surface area (Å²) in [5.41, 5.74) is 0. The molecule has 0 fully saturated rings. The van der Waals surface area contributed by atoms with Crippen LogP contribution in [0.2, 0.25) is 0 Å². The van der Waals surface area contributed by atoms with E-state index in [4.69, 9.17) is 0 Å². The van der Waals surface area contributed by atoms with Crippen molar-refractivity contribution in [3.8, 4) is 0 Å². The minimum absolute atomic E-state index is 0.449. The minimum Gasteiger partial charge on any atom is -0.417 e. The second-order valence-electron chi connectivity index (χ2n) is 2.38. The van der Waals surface area contributed by atoms with E-state index in [0.717, 1.165) is 0 Å². The lowest BCUT2D eigenvalue weighted by molar-refractivity contribution is -0.313. The van der Waals surface area contributed by atoms with Crippen molar-refractivity contribution in [3.63, 3.8) is 0 Å². The van der Waals surface area contributed by atoms with Gasteiger partial charge >= 0.3 is 24.2 Å². The molecule has 0 rings (SSSR count). The van der Waals surface area contributed by atoms with E-state index >= 15 is 0 Å². The molecule has 1 atom stereocenters. The average Bonchev–Trinajstić information content (AvgIpc) is 2.02. The maximum Gasteiger partial charge on any atom is 0.377 e. The van der Waals surface area contributed by atoms with Crippen LogP contribution in [0.5, 0.6) is 0 Å². The third-order valence-electron chi connectivity index (χ3n) is 1.24. The van der Waals surface area contributed by atoms with Gasteiger partial charge in [0, 0.05) is 6.92 Å². The maximum atomic E-state index is 12.8. The Hall–Kier alpha value is -0.950. The Morgan fingerprint density at radius 2 is 1.79 bits per heavy atom. The van der Waals surface area contributed by atoms with Crippen LogP contribution in [0.25, 0.3) is 0 Å². The Morgan fingerprint density at radius 1 is 1.36 bits per heavy atom. The van der Waals surface area contributed by atoms with Crippen molar-refractivity contribution in [2.24, 2.45) is 0 Å². The summed E-state index contributed by atoms with van der Waals surface area (Å²) in [6, 6.07) is 0. The predicted molar refractivity (Wildman–Crippen MR) is 32.5 cm³/mol. The summed E-state index contributed by atoms with van der Waals surface area (Å²) in [5, 5.41) is 0. The number of carbonyl (C=O) groups is 1. The quantitative estimate of drug-likeness (QED) is 0.539. The van der Waals surface area contributed by atoms with E-state index in [1.807, 2.05) is 0 Å². The molecule has 2 nitrogen and oxygen atoms in total. The first kappa shape index (κ1) is 13.0. The predicted octanol–water partition coefficient (Wildman–Crippen LogP) is 2.09. The normalized spacial score (nSPS) is 16.6. The van der Waals surface area contributed by atoms with Gasteiger partial charge in [-0.05, 0) is 0 Å². The molecule has 0 aromatic rings. The van der Waals surface area contributed by atoms with E-state index in [0.29, 0.717) is 6.92 Å². The molecule has 0 heterocycles. The van der Waals surface area contributed by atoms with Crippen LogP contribution in [0.15, 0.2) is 0 Å². The van der Waals surface area contributed by atoms with E-state index in [1.54, 1.807) is 0 Å². The number of esters is 1. The zero-order chi connectivity index (χ0) is 11.6. The minimum atomic E-state index is -5.08. The Morgan fingerprint density at radius 3 is 2.00 bits per heavy atom. The van der Waals surface area contributed by atoms with Crippen molar-refractivity contribution in [2.45, 2.75) is 25.1 Å². The van der Waals surface area contributed by atoms with Crippen molar-refractivity contribution in [1.29, 1.82) is 0 Å². The summed E-state index contributed by atoms with van der Waals surface area (Å²) < 4.78 is 75.7. The number of ether oxygens (including phenoxy) is 1. The molecule has 0 saturated carbocycles. The highest BCUT2D eigenvalue weighted by molar-refractivity contribution is 5.66. The second kappa shape index (κ2) is 4.05. The molecule has 0 spiro atoms. The van der Waals surface area contributed by atoms with E-state index in [-0.39, 0.29) is 0 Å². The van der Waals surface area contributed by atoms with Crippen LogP contribution in [0.3, 0.4) is 0 Å². The number of hydrogen-bond donors (Lipinski definition) is 0. The van der Waals surface area contributed by atoms with Crippen molar-refractivity contribution in [1.82, 2.24) is 0 Å². The summed E-state index contributed by atoms with van der Waals surface area (Å²) in [7, 11) is 0. The number of halogens is 6. The molecule has 14 heavy (non-hydrogen) atoms. The van der Waals surface area contributed by atoms with Gasteiger partial charge in [-0.3, -0.25) is 4.79 Å². The SMILES string of the molecule is CC(=O)OC(F)(C(F)F)C(F)(F)CF. The zero-order valence-corrected chi connectivity index (χ0v) is 6.87. The molecule has 0 aliphatic rings. The van der Waals surface area contributed by atoms with Gasteiger partial charge in [-0.2, -0.15) is 13.2 Å². The molecular formula is C6H6F6O2. The Kier molecular flexibility index (Phi) is 3.78. The average molecular weight is 224 g/mol. The van der Waals surface area contributed by atoms with E-state index < -0.39 is 30.8 Å². The smallest absolute Gasteiger partial charge is 0.377 e. The van der Waals surface area contributed by atoms with Crippen molar-refractivity contribution in [3.05, 3.63) is 0 Å². The van der Waals surface area contributed by atoms with Crippen LogP contribution in [-0.4, -0.2) is 30.8 Å². The van der Waals surface area contributed by atoms with Crippen molar-refractivity contribution < 1.29 is 35.9 Å². The first-order valence-electron chi connectivity index (χ1n) is 3.28. The fraction of sp³-hybridized carbons (Fsp3) is 0.833. The topological polar surface area (TPSA) is 26.3 Å². The number of alkyl halides is 6. The van der Waals surface area contributed by atoms with Gasteiger partial charge in [0.15, 0.2) is 6.67 Å². The van der Waals surface area contributed by atoms with Gasteiger partial charge in [-0.15, -0.1) is 0 Å². The van der Waals surface area contributed by atoms with Crippen LogP contribution >= 0.6 is 0 Å². The molecule has 0 aliphatic heterocycles. The molecule has 8 heteroatoms. The number of carbonyl (C=O) groups excluding carboxylic acids is 1. The third-order valence-corrected chi connectivity index (χ3v) is 1.24.